The molecule has 9 heteroatoms. The third kappa shape index (κ3) is 10.1. The Balaban J connectivity index is 3.25. The maximum atomic E-state index is 13.0. The first-order valence-electron chi connectivity index (χ1n) is 10.4. The Morgan fingerprint density at radius 1 is 0.938 bits per heavy atom. The van der Waals surface area contributed by atoms with Gasteiger partial charge in [-0.25, -0.2) is 14.4 Å². The van der Waals surface area contributed by atoms with Crippen LogP contribution >= 0.6 is 0 Å². The van der Waals surface area contributed by atoms with E-state index in [0.29, 0.717) is 4.90 Å². The lowest BCUT2D eigenvalue weighted by Crippen LogP contribution is -2.53. The summed E-state index contributed by atoms with van der Waals surface area (Å²) in [5.41, 5.74) is -1.17. The van der Waals surface area contributed by atoms with E-state index in [1.165, 1.54) is 7.11 Å². The number of hydrogen-bond donors (Lipinski definition) is 1. The van der Waals surface area contributed by atoms with E-state index in [9.17, 15) is 19.5 Å². The van der Waals surface area contributed by atoms with Crippen LogP contribution in [0.3, 0.4) is 0 Å². The molecule has 0 saturated heterocycles. The second kappa shape index (κ2) is 11.8. The quantitative estimate of drug-likeness (QED) is 0.469. The van der Waals surface area contributed by atoms with Crippen molar-refractivity contribution < 1.29 is 38.4 Å². The number of aliphatic hydroxyl groups excluding tert-OH is 1. The second-order valence-electron chi connectivity index (χ2n) is 9.28. The molecule has 9 nitrogen and oxygen atoms in total. The van der Waals surface area contributed by atoms with Crippen LogP contribution in [0.1, 0.15) is 53.5 Å². The van der Waals surface area contributed by atoms with Crippen molar-refractivity contribution in [3.63, 3.8) is 0 Å². The number of benzene rings is 1. The van der Waals surface area contributed by atoms with E-state index in [1.54, 1.807) is 65.8 Å². The minimum Gasteiger partial charge on any atom is -0.459 e. The molecule has 0 aliphatic rings. The second-order valence-corrected chi connectivity index (χ2v) is 9.28. The number of nitrogens with zero attached hydrogens (tertiary/aromatic N) is 1. The van der Waals surface area contributed by atoms with Gasteiger partial charge in [-0.1, -0.05) is 30.3 Å². The minimum atomic E-state index is -1.49. The van der Waals surface area contributed by atoms with Crippen LogP contribution in [0.5, 0.6) is 0 Å². The summed E-state index contributed by atoms with van der Waals surface area (Å²) < 4.78 is 21.0. The molecular formula is C23H35NO8. The number of rotatable bonds is 8. The number of methoxy groups -OCH3 is 1. The van der Waals surface area contributed by atoms with Gasteiger partial charge in [0.1, 0.15) is 23.9 Å². The van der Waals surface area contributed by atoms with Crippen molar-refractivity contribution >= 4 is 18.2 Å². The fourth-order valence-electron chi connectivity index (χ4n) is 2.60. The predicted octanol–water partition coefficient (Wildman–Crippen LogP) is 3.67. The van der Waals surface area contributed by atoms with E-state index >= 15 is 0 Å². The number of amides is 2. The maximum Gasteiger partial charge on any atom is 0.420 e. The SMILES string of the molecule is COCC(O)CC(C(=O)OCc1ccccc1)N(C(=O)OC(C)(C)C)C(=O)OC(C)(C)C. The van der Waals surface area contributed by atoms with Crippen molar-refractivity contribution in [2.45, 2.75) is 77.9 Å². The number of esters is 1. The van der Waals surface area contributed by atoms with Crippen molar-refractivity contribution in [3.05, 3.63) is 35.9 Å². The van der Waals surface area contributed by atoms with Gasteiger partial charge >= 0.3 is 18.2 Å². The minimum absolute atomic E-state index is 0.0764. The topological polar surface area (TPSA) is 112 Å². The first kappa shape index (κ1) is 27.4. The zero-order valence-electron chi connectivity index (χ0n) is 19.9. The molecule has 0 heterocycles. The first-order chi connectivity index (χ1) is 14.7. The molecule has 0 saturated carbocycles. The molecule has 0 aliphatic heterocycles. The van der Waals surface area contributed by atoms with Crippen LogP contribution in [0.15, 0.2) is 30.3 Å². The normalized spacial score (nSPS) is 13.6. The highest BCUT2D eigenvalue weighted by atomic mass is 16.6. The van der Waals surface area contributed by atoms with Gasteiger partial charge in [0, 0.05) is 13.5 Å². The van der Waals surface area contributed by atoms with Gasteiger partial charge in [-0.15, -0.1) is 0 Å². The van der Waals surface area contributed by atoms with Crippen molar-refractivity contribution in [2.75, 3.05) is 13.7 Å². The lowest BCUT2D eigenvalue weighted by Gasteiger charge is -2.33. The van der Waals surface area contributed by atoms with Crippen LogP contribution in [0.2, 0.25) is 0 Å². The van der Waals surface area contributed by atoms with E-state index in [-0.39, 0.29) is 19.6 Å². The molecule has 1 N–H and O–H groups in total. The molecular weight excluding hydrogens is 418 g/mol. The van der Waals surface area contributed by atoms with Gasteiger partial charge in [-0.2, -0.15) is 4.90 Å². The standard InChI is InChI=1S/C23H35NO8/c1-22(2,3)31-20(27)24(21(28)32-23(4,5)6)18(13-17(25)15-29-7)19(26)30-14-16-11-9-8-10-12-16/h8-12,17-18,25H,13-15H2,1-7H3. The first-order valence-corrected chi connectivity index (χ1v) is 10.4. The average Bonchev–Trinajstić information content (AvgIpc) is 2.63. The van der Waals surface area contributed by atoms with Crippen LogP contribution in [-0.2, 0) is 30.3 Å². The molecule has 0 bridgehead atoms. The summed E-state index contributed by atoms with van der Waals surface area (Å²) in [6.45, 7) is 9.57. The zero-order valence-corrected chi connectivity index (χ0v) is 19.9. The van der Waals surface area contributed by atoms with Gasteiger partial charge in [0.2, 0.25) is 0 Å². The van der Waals surface area contributed by atoms with Crippen molar-refractivity contribution in [1.82, 2.24) is 4.90 Å². The summed E-state index contributed by atoms with van der Waals surface area (Å²) in [7, 11) is 1.38. The van der Waals surface area contributed by atoms with Gasteiger partial charge < -0.3 is 24.1 Å². The van der Waals surface area contributed by atoms with Crippen molar-refractivity contribution in [2.24, 2.45) is 0 Å². The number of imide groups is 1. The van der Waals surface area contributed by atoms with Gasteiger partial charge in [0.05, 0.1) is 12.7 Å². The molecule has 0 spiro atoms. The van der Waals surface area contributed by atoms with Gasteiger partial charge in [-0.3, -0.25) is 0 Å². The number of carbonyl (C=O) groups excluding carboxylic acids is 3. The number of aliphatic hydroxyl groups is 1. The zero-order chi connectivity index (χ0) is 24.5. The monoisotopic (exact) mass is 453 g/mol. The van der Waals surface area contributed by atoms with Gasteiger partial charge in [0.25, 0.3) is 0 Å². The lowest BCUT2D eigenvalue weighted by atomic mass is 10.1. The third-order valence-electron chi connectivity index (χ3n) is 3.84. The molecule has 1 rings (SSSR count). The van der Waals surface area contributed by atoms with E-state index in [2.05, 4.69) is 0 Å². The van der Waals surface area contributed by atoms with Crippen molar-refractivity contribution in [1.29, 1.82) is 0 Å². The third-order valence-corrected chi connectivity index (χ3v) is 3.84. The Morgan fingerprint density at radius 3 is 1.88 bits per heavy atom. The fraction of sp³-hybridized carbons (Fsp3) is 0.609. The Morgan fingerprint density at radius 2 is 1.44 bits per heavy atom. The Bertz CT molecular complexity index is 724. The predicted molar refractivity (Wildman–Crippen MR) is 117 cm³/mol. The smallest absolute Gasteiger partial charge is 0.420 e. The molecule has 2 unspecified atom stereocenters. The molecule has 0 radical (unpaired) electrons. The van der Waals surface area contributed by atoms with Crippen molar-refractivity contribution in [3.8, 4) is 0 Å². The number of carbonyl (C=O) groups is 3. The van der Waals surface area contributed by atoms with Crippen LogP contribution in [-0.4, -0.2) is 65.2 Å². The average molecular weight is 454 g/mol. The molecule has 180 valence electrons. The molecule has 0 aliphatic carbocycles. The molecule has 1 aromatic rings. The maximum absolute atomic E-state index is 13.0. The summed E-state index contributed by atoms with van der Waals surface area (Å²) >= 11 is 0. The van der Waals surface area contributed by atoms with Gasteiger partial charge in [-0.05, 0) is 47.1 Å². The highest BCUT2D eigenvalue weighted by molar-refractivity contribution is 5.94. The highest BCUT2D eigenvalue weighted by Gasteiger charge is 2.42. The molecule has 0 fully saturated rings. The fourth-order valence-corrected chi connectivity index (χ4v) is 2.60. The van der Waals surface area contributed by atoms with Gasteiger partial charge in [0.15, 0.2) is 0 Å². The molecule has 1 aromatic carbocycles. The Hall–Kier alpha value is -2.65. The summed E-state index contributed by atoms with van der Waals surface area (Å²) in [6, 6.07) is 7.44. The molecule has 32 heavy (non-hydrogen) atoms. The van der Waals surface area contributed by atoms with Crippen LogP contribution < -0.4 is 0 Å². The Kier molecular flexibility index (Phi) is 10.1. The van der Waals surface area contributed by atoms with E-state index in [0.717, 1.165) is 5.56 Å². The summed E-state index contributed by atoms with van der Waals surface area (Å²) in [4.78, 5) is 39.4. The molecule has 2 amide bonds. The summed E-state index contributed by atoms with van der Waals surface area (Å²) in [5.74, 6) is -0.888. The summed E-state index contributed by atoms with van der Waals surface area (Å²) in [5, 5.41) is 10.3. The number of ether oxygens (including phenoxy) is 4. The molecule has 2 atom stereocenters. The van der Waals surface area contributed by atoms with Crippen LogP contribution in [0, 0.1) is 0 Å². The Labute approximate surface area is 189 Å². The van der Waals surface area contributed by atoms with E-state index < -0.39 is 41.5 Å². The molecule has 0 aromatic heterocycles. The van der Waals surface area contributed by atoms with Crippen LogP contribution in [0.4, 0.5) is 9.59 Å². The lowest BCUT2D eigenvalue weighted by molar-refractivity contribution is -0.152. The van der Waals surface area contributed by atoms with Crippen LogP contribution in [0.25, 0.3) is 0 Å². The highest BCUT2D eigenvalue weighted by Crippen LogP contribution is 2.20. The number of hydrogen-bond acceptors (Lipinski definition) is 8. The van der Waals surface area contributed by atoms with E-state index in [1.807, 2.05) is 6.07 Å². The largest absolute Gasteiger partial charge is 0.459 e. The summed E-state index contributed by atoms with van der Waals surface area (Å²) in [6.07, 6.45) is -3.64. The van der Waals surface area contributed by atoms with E-state index in [4.69, 9.17) is 18.9 Å².